The minimum atomic E-state index is 0. The number of benzene rings is 3. The number of hydrogen-bond acceptors (Lipinski definition) is 4. The van der Waals surface area contributed by atoms with Gasteiger partial charge in [0, 0.05) is 21.7 Å². The molecule has 34 heavy (non-hydrogen) atoms. The molecule has 5 heteroatoms. The fraction of sp³-hybridized carbons (Fsp3) is 0.345. The second-order valence-corrected chi connectivity index (χ2v) is 9.10. The van der Waals surface area contributed by atoms with Crippen LogP contribution in [0.5, 0.6) is 17.2 Å². The Kier molecular flexibility index (Phi) is 11.2. The van der Waals surface area contributed by atoms with Crippen molar-refractivity contribution in [3.8, 4) is 17.2 Å². The van der Waals surface area contributed by atoms with Crippen molar-refractivity contribution >= 4 is 17.1 Å². The second-order valence-electron chi connectivity index (χ2n) is 9.10. The molecule has 1 saturated carbocycles. The van der Waals surface area contributed by atoms with E-state index in [0.29, 0.717) is 17.1 Å². The van der Waals surface area contributed by atoms with Crippen LogP contribution in [0.4, 0.5) is 17.1 Å². The van der Waals surface area contributed by atoms with E-state index in [1.807, 2.05) is 0 Å². The van der Waals surface area contributed by atoms with Gasteiger partial charge in [0.05, 0.1) is 17.1 Å². The molecule has 1 fully saturated rings. The van der Waals surface area contributed by atoms with Crippen molar-refractivity contribution < 1.29 is 37.0 Å². The van der Waals surface area contributed by atoms with Crippen LogP contribution in [0.1, 0.15) is 34.6 Å². The molecule has 3 aromatic rings. The quantitative estimate of drug-likeness (QED) is 0.255. The van der Waals surface area contributed by atoms with Crippen LogP contribution in [-0.4, -0.2) is 15.3 Å². The van der Waals surface area contributed by atoms with Crippen LogP contribution >= 0.6 is 0 Å². The van der Waals surface area contributed by atoms with Gasteiger partial charge in [0.25, 0.3) is 0 Å². The Hall–Kier alpha value is -2.43. The van der Waals surface area contributed by atoms with E-state index < -0.39 is 0 Å². The van der Waals surface area contributed by atoms with Gasteiger partial charge >= 0.3 is 0 Å². The average molecular weight is 496 g/mol. The maximum atomic E-state index is 10.2. The molecule has 0 aromatic heterocycles. The number of anilines is 3. The Balaban J connectivity index is 0.000000411. The van der Waals surface area contributed by atoms with Gasteiger partial charge in [-0.25, -0.2) is 0 Å². The van der Waals surface area contributed by atoms with Gasteiger partial charge in [-0.2, -0.15) is 0 Å². The van der Waals surface area contributed by atoms with Gasteiger partial charge in [-0.15, -0.1) is 0 Å². The first-order valence-electron chi connectivity index (χ1n) is 11.4. The molecule has 0 aliphatic heterocycles. The Morgan fingerprint density at radius 3 is 0.882 bits per heavy atom. The minimum Gasteiger partial charge on any atom is -0.506 e. The molecule has 0 heterocycles. The normalized spacial score (nSPS) is 23.0. The summed E-state index contributed by atoms with van der Waals surface area (Å²) in [4.78, 5) is 1.61. The fourth-order valence-corrected chi connectivity index (χ4v) is 4.74. The van der Waals surface area contributed by atoms with Gasteiger partial charge in [-0.1, -0.05) is 71.0 Å². The first-order chi connectivity index (χ1) is 15.2. The van der Waals surface area contributed by atoms with Crippen molar-refractivity contribution in [1.29, 1.82) is 0 Å². The Morgan fingerprint density at radius 2 is 0.676 bits per heavy atom. The monoisotopic (exact) mass is 496 g/mol. The zero-order chi connectivity index (χ0) is 23.4. The molecular weight excluding hydrogens is 458 g/mol. The van der Waals surface area contributed by atoms with E-state index in [1.165, 1.54) is 0 Å². The van der Waals surface area contributed by atoms with Crippen LogP contribution in [0, 0.1) is 37.0 Å². The van der Waals surface area contributed by atoms with Crippen LogP contribution in [-0.2, 0) is 21.7 Å². The fourth-order valence-electron chi connectivity index (χ4n) is 4.74. The first kappa shape index (κ1) is 29.6. The predicted octanol–water partition coefficient (Wildman–Crippen LogP) is 7.90. The molecule has 3 N–H and O–H groups in total. The molecule has 0 spiro atoms. The standard InChI is InChI=1S/C18H15NO3.C10H20.CH3.Ti/c20-16-10-4-1-7-13(16)19(14-8-2-5-11-17(14)21)15-9-3-6-12-18(15)22;1-6-7(2)9(4)10(5)8(6)3;;/h1-12,20-22H;6-10H,1-5H3;1H3;/q;;-1;. The Morgan fingerprint density at radius 1 is 0.471 bits per heavy atom. The number of phenols is 3. The van der Waals surface area contributed by atoms with E-state index in [2.05, 4.69) is 34.6 Å². The largest absolute Gasteiger partial charge is 0.506 e. The topological polar surface area (TPSA) is 63.9 Å². The van der Waals surface area contributed by atoms with E-state index in [-0.39, 0.29) is 46.4 Å². The summed E-state index contributed by atoms with van der Waals surface area (Å²) in [6, 6.07) is 20.3. The van der Waals surface area contributed by atoms with Crippen molar-refractivity contribution in [2.24, 2.45) is 29.6 Å². The van der Waals surface area contributed by atoms with Gasteiger partial charge in [0.1, 0.15) is 17.2 Å². The summed E-state index contributed by atoms with van der Waals surface area (Å²) < 4.78 is 0. The smallest absolute Gasteiger partial charge is 0.139 e. The molecule has 0 saturated heterocycles. The third-order valence-electron chi connectivity index (χ3n) is 7.51. The molecule has 1 aliphatic carbocycles. The molecule has 0 amide bonds. The van der Waals surface area contributed by atoms with Gasteiger partial charge in [0.2, 0.25) is 0 Å². The molecule has 4 nitrogen and oxygen atoms in total. The van der Waals surface area contributed by atoms with Crippen LogP contribution in [0.15, 0.2) is 72.8 Å². The molecule has 0 bridgehead atoms. The average Bonchev–Trinajstić information content (AvgIpc) is 2.95. The molecular formula is C29H38NO3Ti-. The van der Waals surface area contributed by atoms with E-state index in [0.717, 1.165) is 29.6 Å². The van der Waals surface area contributed by atoms with Gasteiger partial charge in [-0.05, 0) is 66.0 Å². The van der Waals surface area contributed by atoms with Crippen LogP contribution in [0.2, 0.25) is 0 Å². The SMILES string of the molecule is CC1C(C)C(C)C(C)C1C.Oc1ccccc1N(c1ccccc1O)c1ccccc1O.[CH3-].[Ti]. The summed E-state index contributed by atoms with van der Waals surface area (Å²) in [5.41, 5.74) is 1.39. The van der Waals surface area contributed by atoms with Gasteiger partial charge in [0.15, 0.2) is 0 Å². The summed E-state index contributed by atoms with van der Waals surface area (Å²) in [5, 5.41) is 30.5. The summed E-state index contributed by atoms with van der Waals surface area (Å²) in [7, 11) is 0. The predicted molar refractivity (Wildman–Crippen MR) is 138 cm³/mol. The number of nitrogens with zero attached hydrogens (tertiary/aromatic N) is 1. The number of para-hydroxylation sites is 6. The summed E-state index contributed by atoms with van der Waals surface area (Å²) in [5.74, 6) is 4.83. The summed E-state index contributed by atoms with van der Waals surface area (Å²) in [6.07, 6.45) is 0. The second kappa shape index (κ2) is 12.9. The van der Waals surface area contributed by atoms with Crippen LogP contribution in [0.3, 0.4) is 0 Å². The molecule has 0 radical (unpaired) electrons. The third kappa shape index (κ3) is 6.17. The maximum Gasteiger partial charge on any atom is 0.139 e. The minimum absolute atomic E-state index is 0. The molecule has 3 aromatic carbocycles. The summed E-state index contributed by atoms with van der Waals surface area (Å²) in [6.45, 7) is 12.0. The zero-order valence-corrected chi connectivity index (χ0v) is 22.7. The van der Waals surface area contributed by atoms with Crippen molar-refractivity contribution in [2.45, 2.75) is 34.6 Å². The van der Waals surface area contributed by atoms with E-state index in [4.69, 9.17) is 0 Å². The molecule has 182 valence electrons. The number of aromatic hydroxyl groups is 3. The number of phenolic OH excluding ortho intramolecular Hbond substituents is 3. The summed E-state index contributed by atoms with van der Waals surface area (Å²) >= 11 is 0. The van der Waals surface area contributed by atoms with Crippen molar-refractivity contribution in [1.82, 2.24) is 0 Å². The molecule has 0 unspecified atom stereocenters. The molecule has 4 rings (SSSR count). The maximum absolute atomic E-state index is 10.2. The van der Waals surface area contributed by atoms with Crippen molar-refractivity contribution in [2.75, 3.05) is 4.90 Å². The van der Waals surface area contributed by atoms with E-state index >= 15 is 0 Å². The van der Waals surface area contributed by atoms with E-state index in [9.17, 15) is 15.3 Å². The first-order valence-corrected chi connectivity index (χ1v) is 11.4. The van der Waals surface area contributed by atoms with Crippen LogP contribution in [0.25, 0.3) is 0 Å². The van der Waals surface area contributed by atoms with Crippen molar-refractivity contribution in [3.63, 3.8) is 0 Å². The van der Waals surface area contributed by atoms with Gasteiger partial charge < -0.3 is 22.7 Å². The Labute approximate surface area is 220 Å². The number of hydrogen-bond donors (Lipinski definition) is 3. The number of rotatable bonds is 3. The van der Waals surface area contributed by atoms with Crippen molar-refractivity contribution in [3.05, 3.63) is 80.2 Å². The molecule has 0 atom stereocenters. The van der Waals surface area contributed by atoms with Gasteiger partial charge in [-0.3, -0.25) is 4.90 Å². The zero-order valence-electron chi connectivity index (χ0n) is 21.1. The van der Waals surface area contributed by atoms with E-state index in [1.54, 1.807) is 77.7 Å². The van der Waals surface area contributed by atoms with Crippen LogP contribution < -0.4 is 4.90 Å². The molecule has 1 aliphatic rings. The Bertz CT molecular complexity index is 888. The third-order valence-corrected chi connectivity index (χ3v) is 7.51.